The van der Waals surface area contributed by atoms with Crippen LogP contribution in [0.25, 0.3) is 0 Å². The molecule has 0 aliphatic heterocycles. The molecule has 16 heavy (non-hydrogen) atoms. The minimum absolute atomic E-state index is 0.584. The molecule has 1 aromatic rings. The molecule has 1 fully saturated rings. The fourth-order valence-electron chi connectivity index (χ4n) is 2.37. The lowest BCUT2D eigenvalue weighted by Crippen LogP contribution is -2.30. The molecular weight excluding hydrogens is 202 g/mol. The highest BCUT2D eigenvalue weighted by Gasteiger charge is 2.24. The van der Waals surface area contributed by atoms with E-state index in [-0.39, 0.29) is 0 Å². The molecule has 0 bridgehead atoms. The smallest absolute Gasteiger partial charge is 0.233 e. The summed E-state index contributed by atoms with van der Waals surface area (Å²) in [6.07, 6.45) is 6.72. The molecule has 2 N–H and O–H groups in total. The zero-order valence-electron chi connectivity index (χ0n) is 9.51. The van der Waals surface area contributed by atoms with Gasteiger partial charge in [0.05, 0.1) is 6.61 Å². The number of aromatic nitrogens is 2. The summed E-state index contributed by atoms with van der Waals surface area (Å²) in [4.78, 5) is 0. The number of nitrogens with zero attached hydrogens (tertiary/aromatic N) is 2. The highest BCUT2D eigenvalue weighted by atomic mass is 16.5. The van der Waals surface area contributed by atoms with E-state index in [1.807, 2.05) is 12.1 Å². The molecule has 1 saturated carbocycles. The third-order valence-electron chi connectivity index (χ3n) is 3.36. The third-order valence-corrected chi connectivity index (χ3v) is 3.36. The summed E-state index contributed by atoms with van der Waals surface area (Å²) in [5.74, 6) is 1.81. The Morgan fingerprint density at radius 1 is 1.31 bits per heavy atom. The van der Waals surface area contributed by atoms with Crippen LogP contribution in [0.5, 0.6) is 5.88 Å². The fraction of sp³-hybridized carbons (Fsp3) is 0.667. The largest absolute Gasteiger partial charge is 0.476 e. The summed E-state index contributed by atoms with van der Waals surface area (Å²) in [6.45, 7) is 1.50. The zero-order chi connectivity index (χ0) is 11.2. The van der Waals surface area contributed by atoms with E-state index < -0.39 is 0 Å². The van der Waals surface area contributed by atoms with Crippen LogP contribution in [0.2, 0.25) is 0 Å². The van der Waals surface area contributed by atoms with Crippen LogP contribution < -0.4 is 10.5 Å². The lowest BCUT2D eigenvalue weighted by molar-refractivity contribution is 0.148. The predicted molar refractivity (Wildman–Crippen MR) is 62.0 cm³/mol. The average Bonchev–Trinajstić information content (AvgIpc) is 2.38. The van der Waals surface area contributed by atoms with Crippen LogP contribution in [-0.2, 0) is 0 Å². The maximum Gasteiger partial charge on any atom is 0.233 e. The van der Waals surface area contributed by atoms with E-state index in [2.05, 4.69) is 10.2 Å². The monoisotopic (exact) mass is 221 g/mol. The Bertz CT molecular complexity index is 304. The van der Waals surface area contributed by atoms with Crippen molar-refractivity contribution in [3.05, 3.63) is 18.3 Å². The second-order valence-electron chi connectivity index (χ2n) is 4.41. The molecule has 2 unspecified atom stereocenters. The molecule has 0 radical (unpaired) electrons. The van der Waals surface area contributed by atoms with Crippen LogP contribution >= 0.6 is 0 Å². The van der Waals surface area contributed by atoms with Crippen molar-refractivity contribution >= 4 is 0 Å². The second-order valence-corrected chi connectivity index (χ2v) is 4.41. The Hall–Kier alpha value is -1.16. The van der Waals surface area contributed by atoms with Gasteiger partial charge < -0.3 is 10.5 Å². The van der Waals surface area contributed by atoms with Crippen molar-refractivity contribution in [1.29, 1.82) is 0 Å². The maximum atomic E-state index is 5.78. The quantitative estimate of drug-likeness (QED) is 0.839. The van der Waals surface area contributed by atoms with E-state index in [4.69, 9.17) is 10.5 Å². The zero-order valence-corrected chi connectivity index (χ0v) is 9.51. The third kappa shape index (κ3) is 2.92. The standard InChI is InChI=1S/C12H19N3O/c13-8-10-4-1-2-5-11(10)9-16-12-6-3-7-14-15-12/h3,6-7,10-11H,1-2,4-5,8-9,13H2. The molecule has 1 aliphatic carbocycles. The second kappa shape index (κ2) is 5.80. The predicted octanol–water partition coefficient (Wildman–Crippen LogP) is 1.62. The van der Waals surface area contributed by atoms with Crippen LogP contribution in [0.4, 0.5) is 0 Å². The topological polar surface area (TPSA) is 61.0 Å². The van der Waals surface area contributed by atoms with Crippen LogP contribution in [0.3, 0.4) is 0 Å². The Morgan fingerprint density at radius 2 is 2.12 bits per heavy atom. The van der Waals surface area contributed by atoms with Crippen LogP contribution in [-0.4, -0.2) is 23.3 Å². The molecule has 0 amide bonds. The molecule has 0 spiro atoms. The van der Waals surface area contributed by atoms with Crippen LogP contribution in [0.15, 0.2) is 18.3 Å². The van der Waals surface area contributed by atoms with Gasteiger partial charge in [0.15, 0.2) is 0 Å². The van der Waals surface area contributed by atoms with Crippen molar-refractivity contribution in [2.45, 2.75) is 25.7 Å². The minimum atomic E-state index is 0.584. The Labute approximate surface area is 96.2 Å². The van der Waals surface area contributed by atoms with Crippen molar-refractivity contribution < 1.29 is 4.74 Å². The lowest BCUT2D eigenvalue weighted by Gasteiger charge is -2.30. The van der Waals surface area contributed by atoms with Crippen molar-refractivity contribution in [3.63, 3.8) is 0 Å². The van der Waals surface area contributed by atoms with Gasteiger partial charge in [0.1, 0.15) is 0 Å². The van der Waals surface area contributed by atoms with Gasteiger partial charge in [-0.3, -0.25) is 0 Å². The number of hydrogen-bond acceptors (Lipinski definition) is 4. The van der Waals surface area contributed by atoms with Gasteiger partial charge in [-0.2, -0.15) is 5.10 Å². The summed E-state index contributed by atoms with van der Waals surface area (Å²) in [5.41, 5.74) is 5.78. The summed E-state index contributed by atoms with van der Waals surface area (Å²) >= 11 is 0. The first-order chi connectivity index (χ1) is 7.90. The minimum Gasteiger partial charge on any atom is -0.476 e. The lowest BCUT2D eigenvalue weighted by atomic mass is 9.80. The molecule has 2 rings (SSSR count). The van der Waals surface area contributed by atoms with E-state index in [1.165, 1.54) is 25.7 Å². The van der Waals surface area contributed by atoms with Crippen molar-refractivity contribution in [2.24, 2.45) is 17.6 Å². The summed E-state index contributed by atoms with van der Waals surface area (Å²) in [6, 6.07) is 3.68. The number of hydrogen-bond donors (Lipinski definition) is 1. The van der Waals surface area contributed by atoms with Gasteiger partial charge in [-0.15, -0.1) is 5.10 Å². The molecule has 1 aliphatic rings. The molecule has 88 valence electrons. The maximum absolute atomic E-state index is 5.78. The van der Waals surface area contributed by atoms with Crippen molar-refractivity contribution in [2.75, 3.05) is 13.2 Å². The number of ether oxygens (including phenoxy) is 1. The summed E-state index contributed by atoms with van der Waals surface area (Å²) in [5, 5.41) is 7.70. The fourth-order valence-corrected chi connectivity index (χ4v) is 2.37. The molecule has 0 saturated heterocycles. The van der Waals surface area contributed by atoms with E-state index >= 15 is 0 Å². The number of nitrogens with two attached hydrogens (primary N) is 1. The molecule has 2 atom stereocenters. The highest BCUT2D eigenvalue weighted by Crippen LogP contribution is 2.29. The normalized spacial score (nSPS) is 25.3. The van der Waals surface area contributed by atoms with Crippen LogP contribution in [0, 0.1) is 11.8 Å². The molecule has 1 aromatic heterocycles. The number of rotatable bonds is 4. The van der Waals surface area contributed by atoms with E-state index in [0.717, 1.165) is 13.2 Å². The van der Waals surface area contributed by atoms with Gasteiger partial charge in [-0.05, 0) is 37.3 Å². The van der Waals surface area contributed by atoms with Gasteiger partial charge in [0.25, 0.3) is 0 Å². The van der Waals surface area contributed by atoms with Crippen molar-refractivity contribution in [3.8, 4) is 5.88 Å². The van der Waals surface area contributed by atoms with Gasteiger partial charge in [0, 0.05) is 12.3 Å². The molecule has 4 nitrogen and oxygen atoms in total. The summed E-state index contributed by atoms with van der Waals surface area (Å²) < 4.78 is 5.65. The molecule has 4 heteroatoms. The summed E-state index contributed by atoms with van der Waals surface area (Å²) in [7, 11) is 0. The first-order valence-corrected chi connectivity index (χ1v) is 6.00. The SMILES string of the molecule is NCC1CCCCC1COc1cccnn1. The van der Waals surface area contributed by atoms with E-state index in [1.54, 1.807) is 6.20 Å². The Morgan fingerprint density at radius 3 is 2.81 bits per heavy atom. The van der Waals surface area contributed by atoms with Crippen LogP contribution in [0.1, 0.15) is 25.7 Å². The first kappa shape index (κ1) is 11.3. The van der Waals surface area contributed by atoms with Gasteiger partial charge in [-0.25, -0.2) is 0 Å². The molecule has 0 aromatic carbocycles. The Kier molecular flexibility index (Phi) is 4.10. The van der Waals surface area contributed by atoms with Gasteiger partial charge in [0.2, 0.25) is 5.88 Å². The highest BCUT2D eigenvalue weighted by molar-refractivity contribution is 5.05. The molecule has 1 heterocycles. The molecular formula is C12H19N3O. The van der Waals surface area contributed by atoms with Crippen molar-refractivity contribution in [1.82, 2.24) is 10.2 Å². The van der Waals surface area contributed by atoms with Gasteiger partial charge in [-0.1, -0.05) is 12.8 Å². The van der Waals surface area contributed by atoms with Gasteiger partial charge >= 0.3 is 0 Å². The Balaban J connectivity index is 1.84. The van der Waals surface area contributed by atoms with E-state index in [9.17, 15) is 0 Å². The average molecular weight is 221 g/mol. The first-order valence-electron chi connectivity index (χ1n) is 6.00. The van der Waals surface area contributed by atoms with E-state index in [0.29, 0.717) is 17.7 Å².